The predicted octanol–water partition coefficient (Wildman–Crippen LogP) is 1.90. The molecule has 1 fully saturated rings. The van der Waals surface area contributed by atoms with Gasteiger partial charge in [-0.15, -0.1) is 5.10 Å². The van der Waals surface area contributed by atoms with Crippen LogP contribution in [0.25, 0.3) is 0 Å². The largest absolute Gasteiger partial charge is 0.326 e. The van der Waals surface area contributed by atoms with Crippen LogP contribution in [0.15, 0.2) is 23.4 Å². The Bertz CT molecular complexity index is 581. The number of aromatic nitrogens is 4. The molecule has 0 radical (unpaired) electrons. The predicted molar refractivity (Wildman–Crippen MR) is 69.9 cm³/mol. The minimum absolute atomic E-state index is 0.250. The molecule has 1 aliphatic carbocycles. The number of hydrogen-bond acceptors (Lipinski definition) is 5. The Kier molecular flexibility index (Phi) is 3.48. The molecule has 0 amide bonds. The fourth-order valence-electron chi connectivity index (χ4n) is 1.90. The van der Waals surface area contributed by atoms with Gasteiger partial charge in [-0.05, 0) is 46.5 Å². The Morgan fingerprint density at radius 3 is 2.84 bits per heavy atom. The van der Waals surface area contributed by atoms with Crippen molar-refractivity contribution in [2.45, 2.75) is 36.3 Å². The second-order valence-corrected chi connectivity index (χ2v) is 5.54. The van der Waals surface area contributed by atoms with E-state index in [4.69, 9.17) is 5.73 Å². The second kappa shape index (κ2) is 5.26. The SMILES string of the molecule is NCc1cc(F)cc(CSc2nnnn2C2CC2)c1. The average molecular weight is 279 g/mol. The lowest BCUT2D eigenvalue weighted by Gasteiger charge is -2.05. The highest BCUT2D eigenvalue weighted by molar-refractivity contribution is 7.98. The maximum atomic E-state index is 13.4. The van der Waals surface area contributed by atoms with Gasteiger partial charge in [0.25, 0.3) is 0 Å². The van der Waals surface area contributed by atoms with Crippen molar-refractivity contribution >= 4 is 11.8 Å². The molecule has 1 aromatic heterocycles. The Morgan fingerprint density at radius 1 is 1.32 bits per heavy atom. The third-order valence-electron chi connectivity index (χ3n) is 2.98. The van der Waals surface area contributed by atoms with E-state index in [1.807, 2.05) is 10.7 Å². The topological polar surface area (TPSA) is 69.6 Å². The molecule has 1 aliphatic rings. The van der Waals surface area contributed by atoms with Gasteiger partial charge in [-0.25, -0.2) is 9.07 Å². The molecule has 0 aliphatic heterocycles. The Morgan fingerprint density at radius 2 is 2.11 bits per heavy atom. The normalized spacial score (nSPS) is 14.8. The molecule has 0 saturated heterocycles. The van der Waals surface area contributed by atoms with Gasteiger partial charge in [-0.1, -0.05) is 17.8 Å². The number of rotatable bonds is 5. The second-order valence-electron chi connectivity index (χ2n) is 4.60. The third kappa shape index (κ3) is 2.93. The van der Waals surface area contributed by atoms with Crippen molar-refractivity contribution in [3.63, 3.8) is 0 Å². The van der Waals surface area contributed by atoms with Crippen LogP contribution in [0.5, 0.6) is 0 Å². The van der Waals surface area contributed by atoms with Gasteiger partial charge in [0.15, 0.2) is 0 Å². The van der Waals surface area contributed by atoms with E-state index in [0.29, 0.717) is 18.3 Å². The number of benzene rings is 1. The van der Waals surface area contributed by atoms with Crippen LogP contribution < -0.4 is 5.73 Å². The Hall–Kier alpha value is -1.47. The molecule has 2 N–H and O–H groups in total. The van der Waals surface area contributed by atoms with E-state index >= 15 is 0 Å². The van der Waals surface area contributed by atoms with Crippen LogP contribution in [-0.2, 0) is 12.3 Å². The van der Waals surface area contributed by atoms with E-state index < -0.39 is 0 Å². The summed E-state index contributed by atoms with van der Waals surface area (Å²) >= 11 is 1.52. The van der Waals surface area contributed by atoms with Gasteiger partial charge in [0.2, 0.25) is 5.16 Å². The number of hydrogen-bond donors (Lipinski definition) is 1. The van der Waals surface area contributed by atoms with E-state index in [1.54, 1.807) is 0 Å². The van der Waals surface area contributed by atoms with Crippen LogP contribution in [0.1, 0.15) is 30.0 Å². The van der Waals surface area contributed by atoms with Crippen LogP contribution in [0.2, 0.25) is 0 Å². The molecule has 5 nitrogen and oxygen atoms in total. The molecular weight excluding hydrogens is 265 g/mol. The van der Waals surface area contributed by atoms with Gasteiger partial charge in [0.05, 0.1) is 6.04 Å². The lowest BCUT2D eigenvalue weighted by molar-refractivity contribution is 0.565. The lowest BCUT2D eigenvalue weighted by atomic mass is 10.1. The summed E-state index contributed by atoms with van der Waals surface area (Å²) in [5.74, 6) is 0.387. The van der Waals surface area contributed by atoms with Crippen molar-refractivity contribution in [3.05, 3.63) is 35.1 Å². The zero-order valence-electron chi connectivity index (χ0n) is 10.3. The molecule has 0 bridgehead atoms. The number of thioether (sulfide) groups is 1. The first-order valence-corrected chi connectivity index (χ1v) is 7.14. The van der Waals surface area contributed by atoms with Crippen molar-refractivity contribution in [1.29, 1.82) is 0 Å². The molecule has 3 rings (SSSR count). The Balaban J connectivity index is 1.71. The quantitative estimate of drug-likeness (QED) is 0.846. The van der Waals surface area contributed by atoms with Gasteiger partial charge in [-0.2, -0.15) is 0 Å². The van der Waals surface area contributed by atoms with Crippen molar-refractivity contribution in [3.8, 4) is 0 Å². The monoisotopic (exact) mass is 279 g/mol. The lowest BCUT2D eigenvalue weighted by Crippen LogP contribution is -2.00. The molecular formula is C12H14FN5S. The summed E-state index contributed by atoms with van der Waals surface area (Å²) in [5, 5.41) is 12.5. The van der Waals surface area contributed by atoms with Crippen LogP contribution in [0, 0.1) is 5.82 Å². The van der Waals surface area contributed by atoms with Gasteiger partial charge in [0, 0.05) is 12.3 Å². The van der Waals surface area contributed by atoms with Crippen LogP contribution in [0.4, 0.5) is 4.39 Å². The number of halogens is 1. The summed E-state index contributed by atoms with van der Waals surface area (Å²) in [4.78, 5) is 0. The van der Waals surface area contributed by atoms with Gasteiger partial charge >= 0.3 is 0 Å². The maximum Gasteiger partial charge on any atom is 0.209 e. The first-order chi connectivity index (χ1) is 9.26. The van der Waals surface area contributed by atoms with E-state index in [1.165, 1.54) is 23.9 Å². The summed E-state index contributed by atoms with van der Waals surface area (Å²) in [6.45, 7) is 0.342. The van der Waals surface area contributed by atoms with Crippen molar-refractivity contribution in [1.82, 2.24) is 20.2 Å². The number of nitrogens with two attached hydrogens (primary N) is 1. The van der Waals surface area contributed by atoms with Crippen LogP contribution >= 0.6 is 11.8 Å². The van der Waals surface area contributed by atoms with Crippen molar-refractivity contribution < 1.29 is 4.39 Å². The third-order valence-corrected chi connectivity index (χ3v) is 3.98. The van der Waals surface area contributed by atoms with Crippen LogP contribution in [-0.4, -0.2) is 20.2 Å². The standard InChI is InChI=1S/C12H14FN5S/c13-10-4-8(6-14)3-9(5-10)7-19-12-15-16-17-18(12)11-1-2-11/h3-5,11H,1-2,6-7,14H2. The highest BCUT2D eigenvalue weighted by Gasteiger charge is 2.27. The molecule has 1 heterocycles. The summed E-state index contributed by atoms with van der Waals surface area (Å²) < 4.78 is 15.2. The minimum atomic E-state index is -0.250. The first kappa shape index (κ1) is 12.6. The molecule has 2 aromatic rings. The highest BCUT2D eigenvalue weighted by Crippen LogP contribution is 2.36. The fraction of sp³-hybridized carbons (Fsp3) is 0.417. The highest BCUT2D eigenvalue weighted by atomic mass is 32.2. The van der Waals surface area contributed by atoms with E-state index in [0.717, 1.165) is 29.1 Å². The molecule has 19 heavy (non-hydrogen) atoms. The smallest absolute Gasteiger partial charge is 0.209 e. The van der Waals surface area contributed by atoms with E-state index in [2.05, 4.69) is 15.5 Å². The molecule has 100 valence electrons. The zero-order chi connectivity index (χ0) is 13.2. The van der Waals surface area contributed by atoms with E-state index in [-0.39, 0.29) is 5.82 Å². The van der Waals surface area contributed by atoms with Gasteiger partial charge in [0.1, 0.15) is 5.82 Å². The van der Waals surface area contributed by atoms with Gasteiger partial charge in [-0.3, -0.25) is 0 Å². The summed E-state index contributed by atoms with van der Waals surface area (Å²) in [5.41, 5.74) is 7.24. The summed E-state index contributed by atoms with van der Waals surface area (Å²) in [6.07, 6.45) is 2.27. The molecule has 0 spiro atoms. The van der Waals surface area contributed by atoms with E-state index in [9.17, 15) is 4.39 Å². The van der Waals surface area contributed by atoms with Crippen LogP contribution in [0.3, 0.4) is 0 Å². The summed E-state index contributed by atoms with van der Waals surface area (Å²) in [7, 11) is 0. The fourth-order valence-corrected chi connectivity index (χ4v) is 2.77. The van der Waals surface area contributed by atoms with Crippen molar-refractivity contribution in [2.75, 3.05) is 0 Å². The molecule has 1 saturated carbocycles. The number of nitrogens with zero attached hydrogens (tertiary/aromatic N) is 4. The molecule has 0 atom stereocenters. The maximum absolute atomic E-state index is 13.4. The zero-order valence-corrected chi connectivity index (χ0v) is 11.1. The first-order valence-electron chi connectivity index (χ1n) is 6.15. The Labute approximate surface area is 114 Å². The molecule has 0 unspecified atom stereocenters. The molecule has 1 aromatic carbocycles. The average Bonchev–Trinajstić information content (AvgIpc) is 3.14. The summed E-state index contributed by atoms with van der Waals surface area (Å²) in [6, 6.07) is 5.35. The van der Waals surface area contributed by atoms with Crippen molar-refractivity contribution in [2.24, 2.45) is 5.73 Å². The van der Waals surface area contributed by atoms with Gasteiger partial charge < -0.3 is 5.73 Å². The molecule has 7 heteroatoms. The minimum Gasteiger partial charge on any atom is -0.326 e. The number of tetrazole rings is 1.